The lowest BCUT2D eigenvalue weighted by Gasteiger charge is -2.39. The molecule has 1 aromatic heterocycles. The first-order valence-electron chi connectivity index (χ1n) is 10.9. The minimum Gasteiger partial charge on any atom is -0.357 e. The molecule has 1 fully saturated rings. The molecule has 0 radical (unpaired) electrons. The Morgan fingerprint density at radius 1 is 1.25 bits per heavy atom. The number of likely N-dealkylation sites (N-methyl/N-ethyl adjacent to an activating group) is 1. The Bertz CT molecular complexity index is 1170. The summed E-state index contributed by atoms with van der Waals surface area (Å²) in [6, 6.07) is 17.8. The van der Waals surface area contributed by atoms with E-state index >= 15 is 0 Å². The van der Waals surface area contributed by atoms with E-state index in [9.17, 15) is 10.1 Å². The minimum atomic E-state index is -0.626. The van der Waals surface area contributed by atoms with Gasteiger partial charge in [-0.1, -0.05) is 24.3 Å². The minimum absolute atomic E-state index is 0.149. The van der Waals surface area contributed by atoms with Crippen LogP contribution < -0.4 is 5.32 Å². The molecule has 162 valence electrons. The van der Waals surface area contributed by atoms with E-state index in [4.69, 9.17) is 4.74 Å². The second-order valence-corrected chi connectivity index (χ2v) is 8.43. The van der Waals surface area contributed by atoms with E-state index in [1.807, 2.05) is 53.3 Å². The molecule has 7 nitrogen and oxygen atoms in total. The average molecular weight is 428 g/mol. The quantitative estimate of drug-likeness (QED) is 0.692. The molecule has 3 aromatic rings. The molecule has 5 rings (SSSR count). The van der Waals surface area contributed by atoms with Crippen LogP contribution >= 0.6 is 0 Å². The van der Waals surface area contributed by atoms with E-state index in [1.54, 1.807) is 13.1 Å². The van der Waals surface area contributed by atoms with Gasteiger partial charge in [0.25, 0.3) is 5.91 Å². The molecule has 2 aliphatic rings. The molecular formula is C25H25N5O2. The normalized spacial score (nSPS) is 19.4. The molecule has 7 heteroatoms. The first-order chi connectivity index (χ1) is 15.6. The fourth-order valence-corrected chi connectivity index (χ4v) is 4.81. The predicted molar refractivity (Wildman–Crippen MR) is 119 cm³/mol. The Labute approximate surface area is 187 Å². The summed E-state index contributed by atoms with van der Waals surface area (Å²) in [5, 5.41) is 16.6. The Morgan fingerprint density at radius 2 is 2.03 bits per heavy atom. The van der Waals surface area contributed by atoms with Gasteiger partial charge in [0, 0.05) is 38.4 Å². The molecule has 1 N–H and O–H groups in total. The Kier molecular flexibility index (Phi) is 5.25. The number of nitriles is 1. The number of fused-ring (bicyclic) bond motifs is 2. The summed E-state index contributed by atoms with van der Waals surface area (Å²) >= 11 is 0. The van der Waals surface area contributed by atoms with Crippen LogP contribution in [0.5, 0.6) is 0 Å². The van der Waals surface area contributed by atoms with E-state index in [2.05, 4.69) is 27.6 Å². The topological polar surface area (TPSA) is 83.2 Å². The van der Waals surface area contributed by atoms with Crippen molar-refractivity contribution in [3.05, 3.63) is 83.2 Å². The van der Waals surface area contributed by atoms with Gasteiger partial charge >= 0.3 is 0 Å². The summed E-state index contributed by atoms with van der Waals surface area (Å²) in [7, 11) is 1.62. The van der Waals surface area contributed by atoms with Crippen molar-refractivity contribution >= 4 is 5.91 Å². The highest BCUT2D eigenvalue weighted by molar-refractivity contribution is 5.83. The Hall–Kier alpha value is -3.47. The highest BCUT2D eigenvalue weighted by Gasteiger charge is 2.48. The van der Waals surface area contributed by atoms with Gasteiger partial charge in [0.2, 0.25) is 0 Å². The second-order valence-electron chi connectivity index (χ2n) is 8.43. The predicted octanol–water partition coefficient (Wildman–Crippen LogP) is 3.05. The standard InChI is InChI=1S/C25H25N5O2/c1-27-24(31)23-21-8-7-18(14-26)13-22(21)25(32-23)9-11-29(12-10-25)16-19-15-28-30(17-19)20-5-3-2-4-6-20/h2-8,13,15,17,23H,9-12,16H2,1H3,(H,27,31). The van der Waals surface area contributed by atoms with Gasteiger partial charge in [0.05, 0.1) is 29.1 Å². The molecule has 2 aromatic carbocycles. The molecule has 1 atom stereocenters. The number of piperidine rings is 1. The number of ether oxygens (including phenoxy) is 1. The van der Waals surface area contributed by atoms with Gasteiger partial charge in [0.1, 0.15) is 0 Å². The number of carbonyl (C=O) groups is 1. The van der Waals surface area contributed by atoms with Gasteiger partial charge in [-0.2, -0.15) is 10.4 Å². The Balaban J connectivity index is 1.32. The van der Waals surface area contributed by atoms with Crippen molar-refractivity contribution in [2.24, 2.45) is 0 Å². The summed E-state index contributed by atoms with van der Waals surface area (Å²) in [4.78, 5) is 14.9. The van der Waals surface area contributed by atoms with Crippen molar-refractivity contribution in [1.29, 1.82) is 5.26 Å². The molecule has 32 heavy (non-hydrogen) atoms. The smallest absolute Gasteiger partial charge is 0.253 e. The van der Waals surface area contributed by atoms with E-state index < -0.39 is 11.7 Å². The van der Waals surface area contributed by atoms with Crippen LogP contribution in [0.15, 0.2) is 60.9 Å². The number of para-hydroxylation sites is 1. The van der Waals surface area contributed by atoms with Crippen molar-refractivity contribution in [3.63, 3.8) is 0 Å². The van der Waals surface area contributed by atoms with Gasteiger partial charge in [-0.25, -0.2) is 4.68 Å². The number of aromatic nitrogens is 2. The molecule has 0 bridgehead atoms. The number of carbonyl (C=O) groups excluding carboxylic acids is 1. The second kappa shape index (κ2) is 8.23. The fourth-order valence-electron chi connectivity index (χ4n) is 4.81. The lowest BCUT2D eigenvalue weighted by atomic mass is 9.82. The van der Waals surface area contributed by atoms with Crippen molar-refractivity contribution in [3.8, 4) is 11.8 Å². The lowest BCUT2D eigenvalue weighted by molar-refractivity contribution is -0.150. The van der Waals surface area contributed by atoms with Crippen LogP contribution in [-0.4, -0.2) is 40.7 Å². The molecule has 1 saturated heterocycles. The van der Waals surface area contributed by atoms with Crippen LogP contribution in [0.4, 0.5) is 0 Å². The van der Waals surface area contributed by atoms with Crippen LogP contribution in [0.2, 0.25) is 0 Å². The van der Waals surface area contributed by atoms with Crippen LogP contribution in [0.25, 0.3) is 5.69 Å². The zero-order chi connectivity index (χ0) is 22.1. The molecular weight excluding hydrogens is 402 g/mol. The fraction of sp³-hybridized carbons (Fsp3) is 0.320. The summed E-state index contributed by atoms with van der Waals surface area (Å²) < 4.78 is 8.31. The van der Waals surface area contributed by atoms with Crippen molar-refractivity contribution in [2.45, 2.75) is 31.1 Å². The van der Waals surface area contributed by atoms with Gasteiger partial charge in [-0.05, 0) is 48.2 Å². The number of amides is 1. The highest BCUT2D eigenvalue weighted by Crippen LogP contribution is 2.49. The van der Waals surface area contributed by atoms with Gasteiger partial charge < -0.3 is 10.1 Å². The Morgan fingerprint density at radius 3 is 2.75 bits per heavy atom. The van der Waals surface area contributed by atoms with Gasteiger partial charge in [0.15, 0.2) is 6.10 Å². The summed E-state index contributed by atoms with van der Waals surface area (Å²) in [6.07, 6.45) is 4.91. The number of rotatable bonds is 4. The van der Waals surface area contributed by atoms with E-state index in [-0.39, 0.29) is 5.91 Å². The third-order valence-electron chi connectivity index (χ3n) is 6.51. The van der Waals surface area contributed by atoms with Crippen LogP contribution in [0.1, 0.15) is 41.2 Å². The lowest BCUT2D eigenvalue weighted by Crippen LogP contribution is -2.42. The summed E-state index contributed by atoms with van der Waals surface area (Å²) in [5.41, 5.74) is 4.14. The third-order valence-corrected chi connectivity index (χ3v) is 6.51. The average Bonchev–Trinajstić information content (AvgIpc) is 3.43. The van der Waals surface area contributed by atoms with Crippen molar-refractivity contribution in [2.75, 3.05) is 20.1 Å². The van der Waals surface area contributed by atoms with Crippen LogP contribution in [-0.2, 0) is 21.7 Å². The summed E-state index contributed by atoms with van der Waals surface area (Å²) in [5.74, 6) is -0.149. The molecule has 2 aliphatic heterocycles. The van der Waals surface area contributed by atoms with Crippen molar-refractivity contribution in [1.82, 2.24) is 20.0 Å². The maximum Gasteiger partial charge on any atom is 0.253 e. The number of benzene rings is 2. The number of hydrogen-bond donors (Lipinski definition) is 1. The number of likely N-dealkylation sites (tertiary alicyclic amines) is 1. The largest absolute Gasteiger partial charge is 0.357 e. The number of nitrogens with zero attached hydrogens (tertiary/aromatic N) is 4. The summed E-state index contributed by atoms with van der Waals surface area (Å²) in [6.45, 7) is 2.49. The molecule has 1 spiro atoms. The maximum atomic E-state index is 12.5. The zero-order valence-corrected chi connectivity index (χ0v) is 18.0. The van der Waals surface area contributed by atoms with Crippen molar-refractivity contribution < 1.29 is 9.53 Å². The molecule has 1 unspecified atom stereocenters. The molecule has 0 saturated carbocycles. The monoisotopic (exact) mass is 427 g/mol. The molecule has 0 aliphatic carbocycles. The first kappa shape index (κ1) is 20.4. The van der Waals surface area contributed by atoms with Crippen LogP contribution in [0, 0.1) is 11.3 Å². The van der Waals surface area contributed by atoms with E-state index in [1.165, 1.54) is 0 Å². The van der Waals surface area contributed by atoms with Gasteiger partial charge in [-0.15, -0.1) is 0 Å². The third kappa shape index (κ3) is 3.58. The van der Waals surface area contributed by atoms with Gasteiger partial charge in [-0.3, -0.25) is 9.69 Å². The number of nitrogens with one attached hydrogen (secondary N) is 1. The maximum absolute atomic E-state index is 12.5. The highest BCUT2D eigenvalue weighted by atomic mass is 16.5. The first-order valence-corrected chi connectivity index (χ1v) is 10.9. The van der Waals surface area contributed by atoms with E-state index in [0.29, 0.717) is 5.56 Å². The zero-order valence-electron chi connectivity index (χ0n) is 18.0. The van der Waals surface area contributed by atoms with E-state index in [0.717, 1.165) is 54.9 Å². The number of hydrogen-bond acceptors (Lipinski definition) is 5. The SMILES string of the molecule is CNC(=O)C1OC2(CCN(Cc3cnn(-c4ccccc4)c3)CC2)c2cc(C#N)ccc21. The molecule has 1 amide bonds. The molecule has 3 heterocycles. The van der Waals surface area contributed by atoms with Crippen LogP contribution in [0.3, 0.4) is 0 Å².